The summed E-state index contributed by atoms with van der Waals surface area (Å²) in [6.07, 6.45) is 3.60. The second-order valence-corrected chi connectivity index (χ2v) is 7.56. The maximum atomic E-state index is 13.2. The zero-order valence-electron chi connectivity index (χ0n) is 16.5. The van der Waals surface area contributed by atoms with Gasteiger partial charge >= 0.3 is 0 Å². The highest BCUT2D eigenvalue weighted by Gasteiger charge is 2.38. The summed E-state index contributed by atoms with van der Waals surface area (Å²) in [7, 11) is 1.62. The summed E-state index contributed by atoms with van der Waals surface area (Å²) in [6.45, 7) is 5.83. The number of aromatic nitrogens is 2. The number of furan rings is 1. The number of anilines is 1. The zero-order valence-corrected chi connectivity index (χ0v) is 16.5. The van der Waals surface area contributed by atoms with Crippen molar-refractivity contribution >= 4 is 22.8 Å². The first kappa shape index (κ1) is 18.3. The lowest BCUT2D eigenvalue weighted by Crippen LogP contribution is -2.27. The van der Waals surface area contributed by atoms with E-state index >= 15 is 0 Å². The Bertz CT molecular complexity index is 1040. The Morgan fingerprint density at radius 2 is 2.04 bits per heavy atom. The van der Waals surface area contributed by atoms with Crippen molar-refractivity contribution in [3.05, 3.63) is 47.5 Å². The minimum Gasteiger partial charge on any atom is -0.496 e. The molecular formula is C21H24N4O3. The van der Waals surface area contributed by atoms with Crippen molar-refractivity contribution in [1.82, 2.24) is 15.3 Å². The van der Waals surface area contributed by atoms with Crippen molar-refractivity contribution in [2.45, 2.75) is 45.2 Å². The van der Waals surface area contributed by atoms with Gasteiger partial charge in [-0.05, 0) is 39.7 Å². The summed E-state index contributed by atoms with van der Waals surface area (Å²) >= 11 is 0. The number of ether oxygens (including phenoxy) is 1. The van der Waals surface area contributed by atoms with E-state index in [2.05, 4.69) is 27.5 Å². The van der Waals surface area contributed by atoms with Gasteiger partial charge in [0.15, 0.2) is 0 Å². The summed E-state index contributed by atoms with van der Waals surface area (Å²) in [5.74, 6) is 1.66. The molecule has 28 heavy (non-hydrogen) atoms. The number of carbonyl (C=O) groups excluding carboxylic acids is 1. The van der Waals surface area contributed by atoms with Gasteiger partial charge in [-0.15, -0.1) is 0 Å². The van der Waals surface area contributed by atoms with Gasteiger partial charge in [-0.3, -0.25) is 4.79 Å². The summed E-state index contributed by atoms with van der Waals surface area (Å²) in [6, 6.07) is 7.40. The SMILES string of the molecule is COc1ccccc1C(C)NC(=O)c1c(C)oc2ncnc(NC3(C)CC3)c12. The summed E-state index contributed by atoms with van der Waals surface area (Å²) < 4.78 is 11.2. The summed E-state index contributed by atoms with van der Waals surface area (Å²) in [4.78, 5) is 21.7. The number of aryl methyl sites for hydroxylation is 1. The van der Waals surface area contributed by atoms with Crippen LogP contribution < -0.4 is 15.4 Å². The third-order valence-corrected chi connectivity index (χ3v) is 5.26. The predicted octanol–water partition coefficient (Wildman–Crippen LogP) is 4.00. The smallest absolute Gasteiger partial charge is 0.256 e. The highest BCUT2D eigenvalue weighted by Crippen LogP contribution is 2.40. The Hall–Kier alpha value is -3.09. The van der Waals surface area contributed by atoms with E-state index in [4.69, 9.17) is 9.15 Å². The van der Waals surface area contributed by atoms with E-state index in [1.54, 1.807) is 14.0 Å². The number of methoxy groups -OCH3 is 1. The number of fused-ring (bicyclic) bond motifs is 1. The lowest BCUT2D eigenvalue weighted by Gasteiger charge is -2.17. The number of nitrogens with zero attached hydrogens (tertiary/aromatic N) is 2. The molecule has 1 fully saturated rings. The molecule has 7 nitrogen and oxygen atoms in total. The molecule has 2 N–H and O–H groups in total. The molecule has 0 spiro atoms. The Kier molecular flexibility index (Phi) is 4.45. The van der Waals surface area contributed by atoms with Crippen LogP contribution >= 0.6 is 0 Å². The Morgan fingerprint density at radius 1 is 1.29 bits per heavy atom. The van der Waals surface area contributed by atoms with Crippen LogP contribution in [0.3, 0.4) is 0 Å². The van der Waals surface area contributed by atoms with E-state index in [-0.39, 0.29) is 17.5 Å². The first-order valence-electron chi connectivity index (χ1n) is 9.38. The van der Waals surface area contributed by atoms with Crippen LogP contribution in [0.25, 0.3) is 11.1 Å². The molecule has 146 valence electrons. The largest absolute Gasteiger partial charge is 0.496 e. The number of hydrogen-bond donors (Lipinski definition) is 2. The molecule has 1 aromatic carbocycles. The molecule has 1 amide bonds. The van der Waals surface area contributed by atoms with Gasteiger partial charge in [-0.25, -0.2) is 9.97 Å². The summed E-state index contributed by atoms with van der Waals surface area (Å²) in [5.41, 5.74) is 1.80. The standard InChI is InChI=1S/C21H24N4O3/c1-12(14-7-5-6-8-15(14)27-4)24-19(26)16-13(2)28-20-17(16)18(22-11-23-20)25-21(3)9-10-21/h5-8,11-12H,9-10H2,1-4H3,(H,24,26)(H,22,23,25). The molecule has 3 aromatic rings. The summed E-state index contributed by atoms with van der Waals surface area (Å²) in [5, 5.41) is 7.11. The molecule has 1 saturated carbocycles. The topological polar surface area (TPSA) is 89.3 Å². The van der Waals surface area contributed by atoms with Crippen molar-refractivity contribution in [3.63, 3.8) is 0 Å². The van der Waals surface area contributed by atoms with Crippen molar-refractivity contribution in [2.75, 3.05) is 12.4 Å². The van der Waals surface area contributed by atoms with Crippen LogP contribution in [-0.4, -0.2) is 28.5 Å². The maximum absolute atomic E-state index is 13.2. The van der Waals surface area contributed by atoms with Crippen LogP contribution in [-0.2, 0) is 0 Å². The number of hydrogen-bond acceptors (Lipinski definition) is 6. The molecule has 0 saturated heterocycles. The fourth-order valence-corrected chi connectivity index (χ4v) is 3.38. The average Bonchev–Trinajstić information content (AvgIpc) is 3.29. The molecule has 1 aliphatic carbocycles. The van der Waals surface area contributed by atoms with E-state index < -0.39 is 0 Å². The molecule has 0 aliphatic heterocycles. The van der Waals surface area contributed by atoms with E-state index in [9.17, 15) is 4.79 Å². The number of benzene rings is 1. The molecular weight excluding hydrogens is 356 g/mol. The van der Waals surface area contributed by atoms with Gasteiger partial charge in [-0.2, -0.15) is 0 Å². The van der Waals surface area contributed by atoms with Crippen LogP contribution in [0.15, 0.2) is 35.0 Å². The number of carbonyl (C=O) groups is 1. The van der Waals surface area contributed by atoms with Gasteiger partial charge in [-0.1, -0.05) is 18.2 Å². The van der Waals surface area contributed by atoms with Crippen LogP contribution in [0, 0.1) is 6.92 Å². The lowest BCUT2D eigenvalue weighted by atomic mass is 10.1. The van der Waals surface area contributed by atoms with E-state index in [1.807, 2.05) is 31.2 Å². The Balaban J connectivity index is 1.68. The first-order valence-corrected chi connectivity index (χ1v) is 9.38. The molecule has 0 radical (unpaired) electrons. The predicted molar refractivity (Wildman–Crippen MR) is 107 cm³/mol. The second-order valence-electron chi connectivity index (χ2n) is 7.56. The highest BCUT2D eigenvalue weighted by molar-refractivity contribution is 6.10. The third kappa shape index (κ3) is 3.28. The maximum Gasteiger partial charge on any atom is 0.256 e. The quantitative estimate of drug-likeness (QED) is 0.672. The van der Waals surface area contributed by atoms with E-state index in [0.29, 0.717) is 28.2 Å². The second kappa shape index (κ2) is 6.82. The molecule has 0 bridgehead atoms. The third-order valence-electron chi connectivity index (χ3n) is 5.26. The van der Waals surface area contributed by atoms with Gasteiger partial charge in [0, 0.05) is 11.1 Å². The molecule has 1 unspecified atom stereocenters. The fraction of sp³-hybridized carbons (Fsp3) is 0.381. The molecule has 7 heteroatoms. The van der Waals surface area contributed by atoms with Crippen molar-refractivity contribution < 1.29 is 13.9 Å². The average molecular weight is 380 g/mol. The highest BCUT2D eigenvalue weighted by atomic mass is 16.5. The van der Waals surface area contributed by atoms with Gasteiger partial charge < -0.3 is 19.8 Å². The number of nitrogens with one attached hydrogen (secondary N) is 2. The van der Waals surface area contributed by atoms with Gasteiger partial charge in [0.25, 0.3) is 5.91 Å². The van der Waals surface area contributed by atoms with Crippen LogP contribution in [0.5, 0.6) is 5.75 Å². The Morgan fingerprint density at radius 3 is 2.75 bits per heavy atom. The number of rotatable bonds is 6. The van der Waals surface area contributed by atoms with Crippen molar-refractivity contribution in [1.29, 1.82) is 0 Å². The van der Waals surface area contributed by atoms with Crippen LogP contribution in [0.1, 0.15) is 54.4 Å². The number of para-hydroxylation sites is 1. The minimum absolute atomic E-state index is 0.0188. The fourth-order valence-electron chi connectivity index (χ4n) is 3.38. The molecule has 2 heterocycles. The van der Waals surface area contributed by atoms with Crippen molar-refractivity contribution in [2.24, 2.45) is 0 Å². The zero-order chi connectivity index (χ0) is 19.9. The van der Waals surface area contributed by atoms with Crippen LogP contribution in [0.4, 0.5) is 5.82 Å². The normalized spacial score (nSPS) is 15.9. The Labute approximate surface area is 163 Å². The van der Waals surface area contributed by atoms with E-state index in [0.717, 1.165) is 24.2 Å². The first-order chi connectivity index (χ1) is 13.4. The van der Waals surface area contributed by atoms with Gasteiger partial charge in [0.05, 0.1) is 24.1 Å². The molecule has 2 aromatic heterocycles. The van der Waals surface area contributed by atoms with E-state index in [1.165, 1.54) is 6.33 Å². The lowest BCUT2D eigenvalue weighted by molar-refractivity contribution is 0.0939. The minimum atomic E-state index is -0.241. The van der Waals surface area contributed by atoms with Crippen molar-refractivity contribution in [3.8, 4) is 5.75 Å². The molecule has 1 aliphatic rings. The molecule has 1 atom stereocenters. The van der Waals surface area contributed by atoms with Gasteiger partial charge in [0.2, 0.25) is 5.71 Å². The van der Waals surface area contributed by atoms with Gasteiger partial charge in [0.1, 0.15) is 23.7 Å². The monoisotopic (exact) mass is 380 g/mol. The number of amides is 1. The molecule has 4 rings (SSSR count). The van der Waals surface area contributed by atoms with Crippen LogP contribution in [0.2, 0.25) is 0 Å².